The van der Waals surface area contributed by atoms with Crippen LogP contribution in [0.2, 0.25) is 0 Å². The molecule has 2 heterocycles. The highest BCUT2D eigenvalue weighted by molar-refractivity contribution is 9.10. The second-order valence-electron chi connectivity index (χ2n) is 7.48. The number of fused-ring (bicyclic) bond motifs is 2. The van der Waals surface area contributed by atoms with E-state index in [1.54, 1.807) is 0 Å². The van der Waals surface area contributed by atoms with Crippen molar-refractivity contribution in [2.75, 3.05) is 11.9 Å². The molecule has 9 heteroatoms. The molecule has 7 nitrogen and oxygen atoms in total. The van der Waals surface area contributed by atoms with E-state index in [0.29, 0.717) is 18.0 Å². The number of halogens is 1. The summed E-state index contributed by atoms with van der Waals surface area (Å²) in [6.07, 6.45) is 1.21. The zero-order valence-corrected chi connectivity index (χ0v) is 18.6. The topological polar surface area (TPSA) is 91.4 Å². The summed E-state index contributed by atoms with van der Waals surface area (Å²) in [4.78, 5) is 43.7. The van der Waals surface area contributed by atoms with Crippen molar-refractivity contribution in [3.63, 3.8) is 0 Å². The van der Waals surface area contributed by atoms with E-state index in [0.717, 1.165) is 31.8 Å². The number of carbonyl (C=O) groups excluding carboxylic acids is 3. The molecule has 4 amide bonds. The maximum Gasteiger partial charge on any atom is 0.325 e. The van der Waals surface area contributed by atoms with Crippen LogP contribution in [0.4, 0.5) is 9.93 Å². The normalized spacial score (nSPS) is 19.6. The van der Waals surface area contributed by atoms with Gasteiger partial charge in [0.25, 0.3) is 5.91 Å². The highest BCUT2D eigenvalue weighted by Crippen LogP contribution is 2.41. The third-order valence-electron chi connectivity index (χ3n) is 5.59. The van der Waals surface area contributed by atoms with Crippen LogP contribution in [0.1, 0.15) is 17.5 Å². The molecule has 2 aliphatic rings. The molecular formula is C22H17BrN4O3S. The number of urea groups is 1. The van der Waals surface area contributed by atoms with Crippen LogP contribution >= 0.6 is 27.3 Å². The molecular weight excluding hydrogens is 480 g/mol. The number of nitrogens with one attached hydrogen (secondary N) is 2. The molecule has 0 radical (unpaired) electrons. The third kappa shape index (κ3) is 3.43. The molecule has 2 N–H and O–H groups in total. The highest BCUT2D eigenvalue weighted by atomic mass is 79.9. The van der Waals surface area contributed by atoms with E-state index in [2.05, 4.69) is 31.5 Å². The Morgan fingerprint density at radius 1 is 1.23 bits per heavy atom. The summed E-state index contributed by atoms with van der Waals surface area (Å²) in [6, 6.07) is 14.7. The van der Waals surface area contributed by atoms with Gasteiger partial charge in [-0.3, -0.25) is 14.5 Å². The van der Waals surface area contributed by atoms with E-state index in [1.165, 1.54) is 11.3 Å². The fourth-order valence-electron chi connectivity index (χ4n) is 4.15. The van der Waals surface area contributed by atoms with Gasteiger partial charge in [0, 0.05) is 15.4 Å². The van der Waals surface area contributed by atoms with Crippen LogP contribution in [-0.4, -0.2) is 34.3 Å². The summed E-state index contributed by atoms with van der Waals surface area (Å²) in [5.74, 6) is -0.853. The lowest BCUT2D eigenvalue weighted by atomic mass is 9.92. The molecule has 1 atom stereocenters. The number of hydrogen-bond donors (Lipinski definition) is 2. The monoisotopic (exact) mass is 496 g/mol. The number of thiazole rings is 1. The second kappa shape index (κ2) is 7.58. The van der Waals surface area contributed by atoms with Crippen molar-refractivity contribution in [3.8, 4) is 11.3 Å². The first-order chi connectivity index (χ1) is 15.0. The number of nitrogens with zero attached hydrogens (tertiary/aromatic N) is 2. The van der Waals surface area contributed by atoms with Crippen LogP contribution in [0, 0.1) is 0 Å². The molecule has 1 aliphatic carbocycles. The second-order valence-corrected chi connectivity index (χ2v) is 9.25. The Bertz CT molecular complexity index is 1230. The molecule has 1 spiro atoms. The van der Waals surface area contributed by atoms with Crippen LogP contribution in [0.3, 0.4) is 0 Å². The fourth-order valence-corrected chi connectivity index (χ4v) is 5.28. The molecule has 0 saturated carbocycles. The van der Waals surface area contributed by atoms with Crippen LogP contribution in [0.15, 0.2) is 58.4 Å². The van der Waals surface area contributed by atoms with E-state index in [1.807, 2.05) is 53.9 Å². The van der Waals surface area contributed by atoms with Gasteiger partial charge in [0.05, 0.1) is 5.69 Å². The Morgan fingerprint density at radius 3 is 2.90 bits per heavy atom. The smallest absolute Gasteiger partial charge is 0.319 e. The number of benzene rings is 2. The van der Waals surface area contributed by atoms with Gasteiger partial charge in [-0.05, 0) is 36.1 Å². The lowest BCUT2D eigenvalue weighted by Gasteiger charge is -2.22. The molecule has 1 saturated heterocycles. The lowest BCUT2D eigenvalue weighted by molar-refractivity contribution is -0.134. The van der Waals surface area contributed by atoms with Gasteiger partial charge >= 0.3 is 6.03 Å². The average molecular weight is 497 g/mol. The van der Waals surface area contributed by atoms with Crippen molar-refractivity contribution in [2.24, 2.45) is 0 Å². The molecule has 156 valence electrons. The van der Waals surface area contributed by atoms with Crippen molar-refractivity contribution >= 4 is 50.2 Å². The quantitative estimate of drug-likeness (QED) is 0.535. The van der Waals surface area contributed by atoms with Crippen molar-refractivity contribution in [2.45, 2.75) is 18.4 Å². The van der Waals surface area contributed by atoms with Crippen molar-refractivity contribution < 1.29 is 14.4 Å². The van der Waals surface area contributed by atoms with Crippen LogP contribution in [0.25, 0.3) is 11.3 Å². The first-order valence-electron chi connectivity index (χ1n) is 9.70. The van der Waals surface area contributed by atoms with E-state index in [9.17, 15) is 14.4 Å². The number of rotatable bonds is 4. The Hall–Kier alpha value is -3.04. The number of carbonyl (C=O) groups is 3. The molecule has 5 rings (SSSR count). The van der Waals surface area contributed by atoms with Gasteiger partial charge in [-0.1, -0.05) is 52.3 Å². The third-order valence-corrected chi connectivity index (χ3v) is 6.85. The Morgan fingerprint density at radius 2 is 2.06 bits per heavy atom. The minimum absolute atomic E-state index is 0.361. The minimum atomic E-state index is -1.07. The van der Waals surface area contributed by atoms with Crippen molar-refractivity contribution in [3.05, 3.63) is 69.5 Å². The summed E-state index contributed by atoms with van der Waals surface area (Å²) in [6.45, 7) is -0.361. The standard InChI is InChI=1S/C22H17BrN4O3S/c23-15-6-3-5-14(10-15)17-12-31-20(24-17)25-18(28)11-27-19(29)22(26-21(27)30)9-8-13-4-1-2-7-16(13)22/h1-7,10,12H,8-9,11H2,(H,26,30)(H,24,25,28). The maximum absolute atomic E-state index is 13.2. The maximum atomic E-state index is 13.2. The van der Waals surface area contributed by atoms with Crippen LogP contribution in [0.5, 0.6) is 0 Å². The zero-order chi connectivity index (χ0) is 21.6. The summed E-state index contributed by atoms with van der Waals surface area (Å²) in [5, 5.41) is 7.77. The summed E-state index contributed by atoms with van der Waals surface area (Å²) in [5.41, 5.74) is 2.45. The van der Waals surface area contributed by atoms with Crippen molar-refractivity contribution in [1.82, 2.24) is 15.2 Å². The first kappa shape index (κ1) is 19.9. The Kier molecular flexibility index (Phi) is 4.86. The van der Waals surface area contributed by atoms with E-state index < -0.39 is 17.5 Å². The number of aromatic nitrogens is 1. The number of aryl methyl sites for hydroxylation is 1. The first-order valence-corrected chi connectivity index (χ1v) is 11.4. The molecule has 31 heavy (non-hydrogen) atoms. The number of hydrogen-bond acceptors (Lipinski definition) is 5. The SMILES string of the molecule is O=C(CN1C(=O)NC2(CCc3ccccc32)C1=O)Nc1nc(-c2cccc(Br)c2)cs1. The van der Waals surface area contributed by atoms with Gasteiger partial charge in [-0.2, -0.15) is 0 Å². The summed E-state index contributed by atoms with van der Waals surface area (Å²) in [7, 11) is 0. The molecule has 1 aromatic heterocycles. The molecule has 2 aromatic carbocycles. The molecule has 3 aromatic rings. The van der Waals surface area contributed by atoms with Gasteiger partial charge in [-0.15, -0.1) is 11.3 Å². The predicted octanol–water partition coefficient (Wildman–Crippen LogP) is 3.90. The highest BCUT2D eigenvalue weighted by Gasteiger charge is 2.55. The number of anilines is 1. The molecule has 1 aliphatic heterocycles. The van der Waals surface area contributed by atoms with E-state index in [4.69, 9.17) is 0 Å². The van der Waals surface area contributed by atoms with E-state index >= 15 is 0 Å². The van der Waals surface area contributed by atoms with Gasteiger partial charge < -0.3 is 10.6 Å². The molecule has 0 bridgehead atoms. The molecule has 1 unspecified atom stereocenters. The Labute approximate surface area is 190 Å². The summed E-state index contributed by atoms with van der Waals surface area (Å²) < 4.78 is 0.935. The van der Waals surface area contributed by atoms with Gasteiger partial charge in [-0.25, -0.2) is 9.78 Å². The van der Waals surface area contributed by atoms with Crippen molar-refractivity contribution in [1.29, 1.82) is 0 Å². The number of imide groups is 1. The number of amides is 4. The average Bonchev–Trinajstić information content (AvgIpc) is 3.43. The largest absolute Gasteiger partial charge is 0.325 e. The zero-order valence-electron chi connectivity index (χ0n) is 16.2. The fraction of sp³-hybridized carbons (Fsp3) is 0.182. The summed E-state index contributed by atoms with van der Waals surface area (Å²) >= 11 is 4.72. The van der Waals surface area contributed by atoms with E-state index in [-0.39, 0.29) is 12.5 Å². The Balaban J connectivity index is 1.29. The van der Waals surface area contributed by atoms with Gasteiger partial charge in [0.2, 0.25) is 5.91 Å². The molecule has 1 fully saturated rings. The minimum Gasteiger partial charge on any atom is -0.319 e. The van der Waals surface area contributed by atoms with Crippen LogP contribution in [-0.2, 0) is 21.5 Å². The lowest BCUT2D eigenvalue weighted by Crippen LogP contribution is -2.42. The predicted molar refractivity (Wildman–Crippen MR) is 121 cm³/mol. The van der Waals surface area contributed by atoms with Gasteiger partial charge in [0.15, 0.2) is 5.13 Å². The van der Waals surface area contributed by atoms with Gasteiger partial charge in [0.1, 0.15) is 12.1 Å². The van der Waals surface area contributed by atoms with Crippen LogP contribution < -0.4 is 10.6 Å².